The third-order valence-electron chi connectivity index (χ3n) is 4.36. The Morgan fingerprint density at radius 3 is 2.80 bits per heavy atom. The number of ether oxygens (including phenoxy) is 2. The van der Waals surface area contributed by atoms with Crippen molar-refractivity contribution in [3.05, 3.63) is 89.3 Å². The second-order valence-corrected chi connectivity index (χ2v) is 7.33. The van der Waals surface area contributed by atoms with Crippen LogP contribution in [0.4, 0.5) is 0 Å². The number of nitrogens with one attached hydrogen (secondary N) is 1. The fourth-order valence-electron chi connectivity index (χ4n) is 2.83. The van der Waals surface area contributed by atoms with Gasteiger partial charge in [-0.25, -0.2) is 4.98 Å². The van der Waals surface area contributed by atoms with E-state index in [0.717, 1.165) is 27.6 Å². The van der Waals surface area contributed by atoms with Gasteiger partial charge in [0.1, 0.15) is 34.6 Å². The highest BCUT2D eigenvalue weighted by Crippen LogP contribution is 2.27. The standard InChI is InChI=1S/C23H20N2O4S/c1-27-18-7-2-5-16(11-18)14-29-19-8-3-6-17(12-19)23-25-21(15-30-23)22(26)24-13-20-9-4-10-28-20/h2-12,15H,13-14H2,1H3,(H,24,26). The molecule has 152 valence electrons. The van der Waals surface area contributed by atoms with Gasteiger partial charge in [0.25, 0.3) is 5.91 Å². The Hall–Kier alpha value is -3.58. The van der Waals surface area contributed by atoms with Gasteiger partial charge in [0, 0.05) is 10.9 Å². The second-order valence-electron chi connectivity index (χ2n) is 6.47. The molecule has 0 aliphatic heterocycles. The number of benzene rings is 2. The summed E-state index contributed by atoms with van der Waals surface area (Å²) in [6.45, 7) is 0.755. The van der Waals surface area contributed by atoms with E-state index in [1.165, 1.54) is 11.3 Å². The summed E-state index contributed by atoms with van der Waals surface area (Å²) in [4.78, 5) is 16.8. The van der Waals surface area contributed by atoms with Gasteiger partial charge in [0.15, 0.2) is 0 Å². The number of hydrogen-bond donors (Lipinski definition) is 1. The highest BCUT2D eigenvalue weighted by Gasteiger charge is 2.13. The highest BCUT2D eigenvalue weighted by molar-refractivity contribution is 7.13. The fourth-order valence-corrected chi connectivity index (χ4v) is 3.63. The molecule has 0 aliphatic rings. The predicted molar refractivity (Wildman–Crippen MR) is 115 cm³/mol. The number of rotatable bonds is 8. The molecule has 0 radical (unpaired) electrons. The molecule has 4 aromatic rings. The second kappa shape index (κ2) is 9.28. The lowest BCUT2D eigenvalue weighted by Gasteiger charge is -2.08. The highest BCUT2D eigenvalue weighted by atomic mass is 32.1. The van der Waals surface area contributed by atoms with E-state index in [1.807, 2.05) is 54.6 Å². The minimum atomic E-state index is -0.237. The minimum Gasteiger partial charge on any atom is -0.497 e. The molecule has 4 rings (SSSR count). The third-order valence-corrected chi connectivity index (χ3v) is 5.25. The molecule has 2 aromatic heterocycles. The molecule has 0 bridgehead atoms. The van der Waals surface area contributed by atoms with E-state index in [4.69, 9.17) is 13.9 Å². The van der Waals surface area contributed by atoms with Crippen molar-refractivity contribution in [1.29, 1.82) is 0 Å². The monoisotopic (exact) mass is 420 g/mol. The molecule has 0 unspecified atom stereocenters. The van der Waals surface area contributed by atoms with Gasteiger partial charge in [0.05, 0.1) is 19.9 Å². The van der Waals surface area contributed by atoms with Gasteiger partial charge in [-0.2, -0.15) is 0 Å². The minimum absolute atomic E-state index is 0.237. The van der Waals surface area contributed by atoms with E-state index >= 15 is 0 Å². The summed E-state index contributed by atoms with van der Waals surface area (Å²) in [6, 6.07) is 19.0. The molecule has 0 fully saturated rings. The van der Waals surface area contributed by atoms with Gasteiger partial charge in [-0.15, -0.1) is 11.3 Å². The number of carbonyl (C=O) groups is 1. The molecule has 0 saturated carbocycles. The van der Waals surface area contributed by atoms with E-state index in [-0.39, 0.29) is 5.91 Å². The van der Waals surface area contributed by atoms with Crippen molar-refractivity contribution in [2.24, 2.45) is 0 Å². The first kappa shape index (κ1) is 19.7. The molecule has 2 aromatic carbocycles. The number of methoxy groups -OCH3 is 1. The van der Waals surface area contributed by atoms with Crippen molar-refractivity contribution in [3.63, 3.8) is 0 Å². The van der Waals surface area contributed by atoms with Crippen molar-refractivity contribution in [1.82, 2.24) is 10.3 Å². The Bertz CT molecular complexity index is 1120. The van der Waals surface area contributed by atoms with Crippen molar-refractivity contribution in [2.45, 2.75) is 13.2 Å². The number of carbonyl (C=O) groups excluding carboxylic acids is 1. The number of amides is 1. The van der Waals surface area contributed by atoms with E-state index in [0.29, 0.717) is 24.6 Å². The maximum absolute atomic E-state index is 12.3. The zero-order valence-electron chi connectivity index (χ0n) is 16.3. The average Bonchev–Trinajstić information content (AvgIpc) is 3.49. The summed E-state index contributed by atoms with van der Waals surface area (Å²) in [7, 11) is 1.64. The summed E-state index contributed by atoms with van der Waals surface area (Å²) in [6.07, 6.45) is 1.58. The van der Waals surface area contributed by atoms with Crippen molar-refractivity contribution >= 4 is 17.2 Å². The summed E-state index contributed by atoms with van der Waals surface area (Å²) in [5.74, 6) is 1.99. The first-order valence-corrected chi connectivity index (χ1v) is 10.2. The summed E-state index contributed by atoms with van der Waals surface area (Å²) < 4.78 is 16.4. The third kappa shape index (κ3) is 4.87. The van der Waals surface area contributed by atoms with Crippen molar-refractivity contribution in [3.8, 4) is 22.1 Å². The van der Waals surface area contributed by atoms with Crippen LogP contribution in [-0.2, 0) is 13.2 Å². The summed E-state index contributed by atoms with van der Waals surface area (Å²) in [5, 5.41) is 5.30. The largest absolute Gasteiger partial charge is 0.497 e. The van der Waals surface area contributed by atoms with Gasteiger partial charge in [-0.05, 0) is 42.0 Å². The van der Waals surface area contributed by atoms with Crippen LogP contribution in [0.25, 0.3) is 10.6 Å². The number of thiazole rings is 1. The predicted octanol–water partition coefficient (Wildman–Crippen LogP) is 4.92. The SMILES string of the molecule is COc1cccc(COc2cccc(-c3nc(C(=O)NCc4ccco4)cs3)c2)c1. The molecule has 30 heavy (non-hydrogen) atoms. The molecule has 6 nitrogen and oxygen atoms in total. The van der Waals surface area contributed by atoms with Crippen LogP contribution in [0.1, 0.15) is 21.8 Å². The van der Waals surface area contributed by atoms with E-state index in [1.54, 1.807) is 24.8 Å². The van der Waals surface area contributed by atoms with Crippen LogP contribution in [0.3, 0.4) is 0 Å². The van der Waals surface area contributed by atoms with Crippen LogP contribution >= 0.6 is 11.3 Å². The summed E-state index contributed by atoms with van der Waals surface area (Å²) in [5.41, 5.74) is 2.29. The van der Waals surface area contributed by atoms with Gasteiger partial charge >= 0.3 is 0 Å². The zero-order chi connectivity index (χ0) is 20.8. The Kier molecular flexibility index (Phi) is 6.10. The van der Waals surface area contributed by atoms with Gasteiger partial charge in [-0.3, -0.25) is 4.79 Å². The Morgan fingerprint density at radius 1 is 1.10 bits per heavy atom. The topological polar surface area (TPSA) is 73.6 Å². The lowest BCUT2D eigenvalue weighted by molar-refractivity contribution is 0.0944. The molecule has 0 atom stereocenters. The van der Waals surface area contributed by atoms with Crippen LogP contribution in [-0.4, -0.2) is 18.0 Å². The Morgan fingerprint density at radius 2 is 1.97 bits per heavy atom. The van der Waals surface area contributed by atoms with Crippen LogP contribution in [0, 0.1) is 0 Å². The molecule has 7 heteroatoms. The Balaban J connectivity index is 1.40. The molecule has 0 saturated heterocycles. The molecule has 0 aliphatic carbocycles. The number of furan rings is 1. The van der Waals surface area contributed by atoms with E-state index in [9.17, 15) is 4.79 Å². The molecular weight excluding hydrogens is 400 g/mol. The normalized spacial score (nSPS) is 10.6. The van der Waals surface area contributed by atoms with Crippen LogP contribution in [0.2, 0.25) is 0 Å². The number of hydrogen-bond acceptors (Lipinski definition) is 6. The summed E-state index contributed by atoms with van der Waals surface area (Å²) >= 11 is 1.41. The molecule has 1 amide bonds. The number of nitrogens with zero attached hydrogens (tertiary/aromatic N) is 1. The lowest BCUT2D eigenvalue weighted by Crippen LogP contribution is -2.22. The quantitative estimate of drug-likeness (QED) is 0.438. The first-order chi connectivity index (χ1) is 14.7. The number of aromatic nitrogens is 1. The van der Waals surface area contributed by atoms with Gasteiger partial charge in [0.2, 0.25) is 0 Å². The maximum Gasteiger partial charge on any atom is 0.271 e. The smallest absolute Gasteiger partial charge is 0.271 e. The Labute approximate surface area is 178 Å². The van der Waals surface area contributed by atoms with E-state index < -0.39 is 0 Å². The van der Waals surface area contributed by atoms with Gasteiger partial charge in [-0.1, -0.05) is 24.3 Å². The maximum atomic E-state index is 12.3. The molecule has 0 spiro atoms. The van der Waals surface area contributed by atoms with Gasteiger partial charge < -0.3 is 19.2 Å². The average molecular weight is 420 g/mol. The van der Waals surface area contributed by atoms with Crippen LogP contribution in [0.15, 0.2) is 76.7 Å². The van der Waals surface area contributed by atoms with Crippen molar-refractivity contribution < 1.29 is 18.7 Å². The van der Waals surface area contributed by atoms with Crippen LogP contribution in [0.5, 0.6) is 11.5 Å². The fraction of sp³-hybridized carbons (Fsp3) is 0.130. The molecule has 2 heterocycles. The van der Waals surface area contributed by atoms with Crippen molar-refractivity contribution in [2.75, 3.05) is 7.11 Å². The molecule has 1 N–H and O–H groups in total. The van der Waals surface area contributed by atoms with Crippen LogP contribution < -0.4 is 14.8 Å². The molecular formula is C23H20N2O4S. The lowest BCUT2D eigenvalue weighted by atomic mass is 10.2. The van der Waals surface area contributed by atoms with E-state index in [2.05, 4.69) is 10.3 Å². The first-order valence-electron chi connectivity index (χ1n) is 9.33. The zero-order valence-corrected chi connectivity index (χ0v) is 17.1.